The van der Waals surface area contributed by atoms with E-state index in [1.54, 1.807) is 0 Å². The zero-order chi connectivity index (χ0) is 9.46. The lowest BCUT2D eigenvalue weighted by Crippen LogP contribution is -2.15. The maximum absolute atomic E-state index is 12.7. The molecule has 0 aromatic carbocycles. The second-order valence-electron chi connectivity index (χ2n) is 1.82. The maximum Gasteiger partial charge on any atom is 0.300 e. The third-order valence-electron chi connectivity index (χ3n) is 1.10. The molecule has 0 radical (unpaired) electrons. The van der Waals surface area contributed by atoms with Crippen LogP contribution >= 0.6 is 46.4 Å². The summed E-state index contributed by atoms with van der Waals surface area (Å²) in [7, 11) is 0. The molecule has 0 aliphatic heterocycles. The van der Waals surface area contributed by atoms with Crippen LogP contribution in [0.15, 0.2) is 4.79 Å². The van der Waals surface area contributed by atoms with Crippen molar-refractivity contribution in [2.24, 2.45) is 0 Å². The van der Waals surface area contributed by atoms with Crippen molar-refractivity contribution in [3.05, 3.63) is 30.6 Å². The lowest BCUT2D eigenvalue weighted by Gasteiger charge is -2.02. The number of aromatic nitrogens is 1. The molecule has 0 unspecified atom stereocenters. The molecule has 0 N–H and O–H groups in total. The summed E-state index contributed by atoms with van der Waals surface area (Å²) in [6, 6.07) is 0. The molecule has 0 amide bonds. The van der Waals surface area contributed by atoms with Crippen molar-refractivity contribution >= 4 is 46.4 Å². The molecule has 0 bridgehead atoms. The molecule has 1 aromatic heterocycles. The van der Waals surface area contributed by atoms with Crippen LogP contribution in [0, 0.1) is 0 Å². The Morgan fingerprint density at radius 2 is 1.50 bits per heavy atom. The highest BCUT2D eigenvalue weighted by molar-refractivity contribution is 6.51. The highest BCUT2D eigenvalue weighted by Gasteiger charge is 2.16. The molecule has 0 fully saturated rings. The second kappa shape index (κ2) is 3.42. The molecule has 7 heteroatoms. The number of pyridine rings is 1. The van der Waals surface area contributed by atoms with Crippen molar-refractivity contribution in [3.63, 3.8) is 0 Å². The molecule has 0 spiro atoms. The SMILES string of the molecule is O=c1c(Cl)c(Cl)c(Cl)c(Cl)n1F. The third-order valence-corrected chi connectivity index (χ3v) is 2.83. The Labute approximate surface area is 86.3 Å². The minimum absolute atomic E-state index is 0.248. The lowest BCUT2D eigenvalue weighted by molar-refractivity contribution is 0.353. The van der Waals surface area contributed by atoms with E-state index in [1.807, 2.05) is 0 Å². The normalized spacial score (nSPS) is 10.4. The summed E-state index contributed by atoms with van der Waals surface area (Å²) in [4.78, 5) is 10.4. The Bertz CT molecular complexity index is 356. The Morgan fingerprint density at radius 3 is 2.00 bits per heavy atom. The Hall–Kier alpha value is 0.0400. The number of rotatable bonds is 0. The first-order chi connectivity index (χ1) is 5.46. The van der Waals surface area contributed by atoms with Crippen molar-refractivity contribution in [2.45, 2.75) is 0 Å². The van der Waals surface area contributed by atoms with Gasteiger partial charge in [-0.2, -0.15) is 0 Å². The van der Waals surface area contributed by atoms with E-state index in [9.17, 15) is 9.28 Å². The van der Waals surface area contributed by atoms with Crippen LogP contribution in [-0.2, 0) is 0 Å². The first-order valence-corrected chi connectivity index (χ1v) is 4.09. The van der Waals surface area contributed by atoms with Crippen molar-refractivity contribution in [1.29, 1.82) is 0 Å². The average molecular weight is 251 g/mol. The van der Waals surface area contributed by atoms with Gasteiger partial charge in [-0.05, 0) is 0 Å². The van der Waals surface area contributed by atoms with Gasteiger partial charge in [0.05, 0.1) is 10.0 Å². The first kappa shape index (κ1) is 10.1. The molecule has 0 atom stereocenters. The topological polar surface area (TPSA) is 22.0 Å². The van der Waals surface area contributed by atoms with Gasteiger partial charge in [0.2, 0.25) is 0 Å². The molecular formula is C5Cl4FNO. The van der Waals surface area contributed by atoms with Gasteiger partial charge in [0.15, 0.2) is 5.15 Å². The van der Waals surface area contributed by atoms with E-state index in [0.29, 0.717) is 0 Å². The zero-order valence-corrected chi connectivity index (χ0v) is 8.27. The summed E-state index contributed by atoms with van der Waals surface area (Å²) in [5.41, 5.74) is -1.13. The van der Waals surface area contributed by atoms with Crippen molar-refractivity contribution in [1.82, 2.24) is 4.79 Å². The number of hydrogen-bond acceptors (Lipinski definition) is 1. The predicted octanol–water partition coefficient (Wildman–Crippen LogP) is 3.19. The first-order valence-electron chi connectivity index (χ1n) is 2.58. The molecule has 12 heavy (non-hydrogen) atoms. The lowest BCUT2D eigenvalue weighted by atomic mass is 10.5. The van der Waals surface area contributed by atoms with Crippen molar-refractivity contribution < 1.29 is 4.48 Å². The molecule has 66 valence electrons. The monoisotopic (exact) mass is 249 g/mol. The minimum atomic E-state index is -1.13. The van der Waals surface area contributed by atoms with Crippen LogP contribution < -0.4 is 5.56 Å². The van der Waals surface area contributed by atoms with E-state index in [0.717, 1.165) is 0 Å². The van der Waals surface area contributed by atoms with Crippen LogP contribution in [0.4, 0.5) is 4.48 Å². The number of nitrogens with zero attached hydrogens (tertiary/aromatic N) is 1. The largest absolute Gasteiger partial charge is 0.300 e. The van der Waals surface area contributed by atoms with Crippen molar-refractivity contribution in [2.75, 3.05) is 0 Å². The Morgan fingerprint density at radius 1 is 1.00 bits per heavy atom. The van der Waals surface area contributed by atoms with E-state index in [-0.39, 0.29) is 14.8 Å². The van der Waals surface area contributed by atoms with E-state index in [4.69, 9.17) is 46.4 Å². The smallest absolute Gasteiger partial charge is 0.265 e. The average Bonchev–Trinajstić information content (AvgIpc) is 2.08. The second-order valence-corrected chi connectivity index (χ2v) is 3.31. The molecule has 2 nitrogen and oxygen atoms in total. The van der Waals surface area contributed by atoms with E-state index in [2.05, 4.69) is 0 Å². The molecule has 1 heterocycles. The van der Waals surface area contributed by atoms with Gasteiger partial charge in [0.25, 0.3) is 5.56 Å². The van der Waals surface area contributed by atoms with Gasteiger partial charge in [-0.25, -0.2) is 0 Å². The van der Waals surface area contributed by atoms with Gasteiger partial charge in [-0.3, -0.25) is 4.79 Å². The fraction of sp³-hybridized carbons (Fsp3) is 0. The number of halogens is 5. The van der Waals surface area contributed by atoms with Gasteiger partial charge < -0.3 is 0 Å². The summed E-state index contributed by atoms with van der Waals surface area (Å²) in [5, 5.41) is -1.61. The van der Waals surface area contributed by atoms with Gasteiger partial charge in [-0.15, -0.1) is 4.79 Å². The predicted molar refractivity (Wildman–Crippen MR) is 47.2 cm³/mol. The van der Waals surface area contributed by atoms with Crippen LogP contribution in [0.1, 0.15) is 0 Å². The standard InChI is InChI=1S/C5Cl4FNO/c6-1-2(7)4(9)11(10)5(12)3(1)8. The quantitative estimate of drug-likeness (QED) is 0.649. The summed E-state index contributed by atoms with van der Waals surface area (Å²) in [5.74, 6) is 0. The van der Waals surface area contributed by atoms with Gasteiger partial charge >= 0.3 is 0 Å². The highest BCUT2D eigenvalue weighted by Crippen LogP contribution is 2.32. The summed E-state index contributed by atoms with van der Waals surface area (Å²) in [6.45, 7) is 0. The fourth-order valence-corrected chi connectivity index (χ4v) is 1.32. The third kappa shape index (κ3) is 1.42. The van der Waals surface area contributed by atoms with E-state index in [1.165, 1.54) is 0 Å². The Kier molecular flexibility index (Phi) is 2.88. The minimum Gasteiger partial charge on any atom is -0.265 e. The molecule has 0 saturated heterocycles. The zero-order valence-electron chi connectivity index (χ0n) is 5.25. The Balaban J connectivity index is 3.73. The van der Waals surface area contributed by atoms with Crippen LogP contribution in [0.25, 0.3) is 0 Å². The van der Waals surface area contributed by atoms with E-state index >= 15 is 0 Å². The van der Waals surface area contributed by atoms with Gasteiger partial charge in [-0.1, -0.05) is 50.9 Å². The number of hydrogen-bond donors (Lipinski definition) is 0. The molecule has 1 rings (SSSR count). The van der Waals surface area contributed by atoms with Gasteiger partial charge in [0, 0.05) is 0 Å². The molecule has 1 aromatic rings. The summed E-state index contributed by atoms with van der Waals surface area (Å²) >= 11 is 21.4. The van der Waals surface area contributed by atoms with Crippen LogP contribution in [0.5, 0.6) is 0 Å². The molecule has 0 aliphatic carbocycles. The van der Waals surface area contributed by atoms with Gasteiger partial charge in [0.1, 0.15) is 5.02 Å². The van der Waals surface area contributed by atoms with Crippen molar-refractivity contribution in [3.8, 4) is 0 Å². The van der Waals surface area contributed by atoms with Crippen LogP contribution in [0.3, 0.4) is 0 Å². The fourth-order valence-electron chi connectivity index (χ4n) is 0.542. The maximum atomic E-state index is 12.7. The van der Waals surface area contributed by atoms with Crippen LogP contribution in [0.2, 0.25) is 20.2 Å². The highest BCUT2D eigenvalue weighted by atomic mass is 35.5. The van der Waals surface area contributed by atoms with Crippen LogP contribution in [-0.4, -0.2) is 4.79 Å². The molecular weight excluding hydrogens is 251 g/mol. The molecule has 0 aliphatic rings. The molecule has 0 saturated carbocycles. The summed E-state index contributed by atoms with van der Waals surface area (Å²) < 4.78 is 12.7. The van der Waals surface area contributed by atoms with E-state index < -0.39 is 15.7 Å². The summed E-state index contributed by atoms with van der Waals surface area (Å²) in [6.07, 6.45) is 0.